The number of fused-ring (bicyclic) bond motifs is 1. The molecule has 0 fully saturated rings. The van der Waals surface area contributed by atoms with Crippen molar-refractivity contribution < 1.29 is 13.9 Å². The fourth-order valence-corrected chi connectivity index (χ4v) is 2.81. The molecular weight excluding hydrogens is 318 g/mol. The summed E-state index contributed by atoms with van der Waals surface area (Å²) in [6.07, 6.45) is 2.54. The number of H-pyrrole nitrogens is 1. The Bertz CT molecular complexity index is 997. The minimum absolute atomic E-state index is 0.437. The highest BCUT2D eigenvalue weighted by molar-refractivity contribution is 5.83. The lowest BCUT2D eigenvalue weighted by Crippen LogP contribution is -1.88. The number of hydrogen-bond donors (Lipinski definition) is 1. The van der Waals surface area contributed by atoms with Crippen molar-refractivity contribution in [3.05, 3.63) is 60.1 Å². The zero-order chi connectivity index (χ0) is 17.2. The highest BCUT2D eigenvalue weighted by Crippen LogP contribution is 2.29. The summed E-state index contributed by atoms with van der Waals surface area (Å²) < 4.78 is 16.4. The second kappa shape index (κ2) is 6.32. The predicted molar refractivity (Wildman–Crippen MR) is 93.9 cm³/mol. The number of nitrogens with one attached hydrogen (secondary N) is 1. The van der Waals surface area contributed by atoms with Gasteiger partial charge in [-0.25, -0.2) is 0 Å². The second-order valence-electron chi connectivity index (χ2n) is 5.64. The van der Waals surface area contributed by atoms with Crippen LogP contribution in [0.15, 0.2) is 53.1 Å². The molecule has 6 nitrogen and oxygen atoms in total. The molecule has 0 aliphatic rings. The Labute approximate surface area is 144 Å². The fraction of sp³-hybridized carbons (Fsp3) is 0.158. The van der Waals surface area contributed by atoms with E-state index in [0.717, 1.165) is 22.0 Å². The zero-order valence-electron chi connectivity index (χ0n) is 13.9. The molecule has 0 unspecified atom stereocenters. The smallest absolute Gasteiger partial charge is 0.248 e. The molecule has 25 heavy (non-hydrogen) atoms. The van der Waals surface area contributed by atoms with E-state index >= 15 is 0 Å². The van der Waals surface area contributed by atoms with Gasteiger partial charge in [0.05, 0.1) is 20.6 Å². The third-order valence-electron chi connectivity index (χ3n) is 4.08. The Morgan fingerprint density at radius 2 is 1.76 bits per heavy atom. The first-order valence-corrected chi connectivity index (χ1v) is 7.87. The molecule has 0 bridgehead atoms. The van der Waals surface area contributed by atoms with Crippen molar-refractivity contribution in [3.63, 3.8) is 0 Å². The van der Waals surface area contributed by atoms with Crippen molar-refractivity contribution in [1.29, 1.82) is 0 Å². The van der Waals surface area contributed by atoms with Crippen LogP contribution in [0, 0.1) is 0 Å². The van der Waals surface area contributed by atoms with Gasteiger partial charge < -0.3 is 18.9 Å². The number of rotatable bonds is 5. The van der Waals surface area contributed by atoms with Crippen molar-refractivity contribution in [1.82, 2.24) is 15.2 Å². The maximum absolute atomic E-state index is 5.84. The van der Waals surface area contributed by atoms with E-state index in [9.17, 15) is 0 Å². The summed E-state index contributed by atoms with van der Waals surface area (Å²) >= 11 is 0. The van der Waals surface area contributed by atoms with Gasteiger partial charge in [0.1, 0.15) is 11.5 Å². The molecule has 126 valence electrons. The van der Waals surface area contributed by atoms with Gasteiger partial charge >= 0.3 is 0 Å². The average molecular weight is 335 g/mol. The van der Waals surface area contributed by atoms with Gasteiger partial charge in [-0.05, 0) is 23.8 Å². The van der Waals surface area contributed by atoms with Crippen LogP contribution in [-0.4, -0.2) is 29.4 Å². The van der Waals surface area contributed by atoms with Gasteiger partial charge in [-0.2, -0.15) is 0 Å². The Hall–Kier alpha value is -3.28. The van der Waals surface area contributed by atoms with Crippen molar-refractivity contribution in [2.75, 3.05) is 14.2 Å². The van der Waals surface area contributed by atoms with Crippen LogP contribution in [0.5, 0.6) is 11.5 Å². The van der Waals surface area contributed by atoms with E-state index in [1.807, 2.05) is 36.5 Å². The summed E-state index contributed by atoms with van der Waals surface area (Å²) in [5.41, 5.74) is 2.97. The number of ether oxygens (including phenoxy) is 2. The van der Waals surface area contributed by atoms with Gasteiger partial charge in [0, 0.05) is 28.7 Å². The molecule has 0 amide bonds. The molecule has 0 atom stereocenters. The molecule has 0 saturated heterocycles. The summed E-state index contributed by atoms with van der Waals surface area (Å²) in [6.45, 7) is 0. The average Bonchev–Trinajstić information content (AvgIpc) is 3.29. The van der Waals surface area contributed by atoms with Crippen LogP contribution < -0.4 is 9.47 Å². The van der Waals surface area contributed by atoms with Crippen LogP contribution in [0.3, 0.4) is 0 Å². The van der Waals surface area contributed by atoms with E-state index in [4.69, 9.17) is 13.9 Å². The first-order chi connectivity index (χ1) is 12.3. The Morgan fingerprint density at radius 1 is 1.00 bits per heavy atom. The maximum Gasteiger partial charge on any atom is 0.248 e. The van der Waals surface area contributed by atoms with Crippen molar-refractivity contribution in [2.45, 2.75) is 6.42 Å². The van der Waals surface area contributed by atoms with Gasteiger partial charge in [-0.15, -0.1) is 10.2 Å². The number of para-hydroxylation sites is 1. The van der Waals surface area contributed by atoms with E-state index in [-0.39, 0.29) is 0 Å². The second-order valence-corrected chi connectivity index (χ2v) is 5.64. The number of aromatic amines is 1. The number of aromatic nitrogens is 3. The fourth-order valence-electron chi connectivity index (χ4n) is 2.81. The first-order valence-electron chi connectivity index (χ1n) is 7.87. The monoisotopic (exact) mass is 335 g/mol. The molecule has 2 aromatic carbocycles. The van der Waals surface area contributed by atoms with E-state index in [0.29, 0.717) is 29.7 Å². The van der Waals surface area contributed by atoms with Gasteiger partial charge in [0.15, 0.2) is 0 Å². The topological polar surface area (TPSA) is 73.2 Å². The van der Waals surface area contributed by atoms with Crippen LogP contribution in [-0.2, 0) is 6.42 Å². The van der Waals surface area contributed by atoms with Crippen LogP contribution in [0.25, 0.3) is 22.4 Å². The van der Waals surface area contributed by atoms with E-state index in [2.05, 4.69) is 21.2 Å². The first kappa shape index (κ1) is 15.3. The lowest BCUT2D eigenvalue weighted by Gasteiger charge is -2.05. The Balaban J connectivity index is 1.64. The zero-order valence-corrected chi connectivity index (χ0v) is 13.9. The van der Waals surface area contributed by atoms with Gasteiger partial charge in [0.25, 0.3) is 0 Å². The van der Waals surface area contributed by atoms with Crippen LogP contribution in [0.2, 0.25) is 0 Å². The SMILES string of the molecule is COc1cc(OC)cc(-c2nnc(Cc3c[nH]c4ccccc34)o2)c1. The van der Waals surface area contributed by atoms with Crippen molar-refractivity contribution in [3.8, 4) is 23.0 Å². The molecular formula is C19H17N3O3. The molecule has 0 saturated carbocycles. The molecule has 6 heteroatoms. The van der Waals surface area contributed by atoms with Crippen LogP contribution in [0.1, 0.15) is 11.5 Å². The number of nitrogens with zero attached hydrogens (tertiary/aromatic N) is 2. The Kier molecular flexibility index (Phi) is 3.85. The third-order valence-corrected chi connectivity index (χ3v) is 4.08. The standard InChI is InChI=1S/C19H17N3O3/c1-23-14-7-12(8-15(10-14)24-2)19-22-21-18(25-19)9-13-11-20-17-6-4-3-5-16(13)17/h3-8,10-11,20H,9H2,1-2H3. The highest BCUT2D eigenvalue weighted by atomic mass is 16.5. The highest BCUT2D eigenvalue weighted by Gasteiger charge is 2.13. The summed E-state index contributed by atoms with van der Waals surface area (Å²) in [5, 5.41) is 9.49. The molecule has 1 N–H and O–H groups in total. The molecule has 0 radical (unpaired) electrons. The minimum Gasteiger partial charge on any atom is -0.497 e. The van der Waals surface area contributed by atoms with E-state index in [1.54, 1.807) is 20.3 Å². The van der Waals surface area contributed by atoms with E-state index in [1.165, 1.54) is 0 Å². The molecule has 2 heterocycles. The van der Waals surface area contributed by atoms with Crippen molar-refractivity contribution in [2.24, 2.45) is 0 Å². The molecule has 4 rings (SSSR count). The van der Waals surface area contributed by atoms with Gasteiger partial charge in [0.2, 0.25) is 11.8 Å². The summed E-state index contributed by atoms with van der Waals surface area (Å²) in [4.78, 5) is 3.25. The largest absolute Gasteiger partial charge is 0.497 e. The predicted octanol–water partition coefficient (Wildman–Crippen LogP) is 3.83. The summed E-state index contributed by atoms with van der Waals surface area (Å²) in [7, 11) is 3.21. The molecule has 2 aromatic heterocycles. The molecule has 0 aliphatic heterocycles. The maximum atomic E-state index is 5.84. The third kappa shape index (κ3) is 2.94. The number of hydrogen-bond acceptors (Lipinski definition) is 5. The van der Waals surface area contributed by atoms with Gasteiger partial charge in [-0.1, -0.05) is 18.2 Å². The van der Waals surface area contributed by atoms with Crippen LogP contribution >= 0.6 is 0 Å². The van der Waals surface area contributed by atoms with Gasteiger partial charge in [-0.3, -0.25) is 0 Å². The lowest BCUT2D eigenvalue weighted by atomic mass is 10.1. The van der Waals surface area contributed by atoms with Crippen molar-refractivity contribution >= 4 is 10.9 Å². The number of methoxy groups -OCH3 is 2. The quantitative estimate of drug-likeness (QED) is 0.600. The summed E-state index contributed by atoms with van der Waals surface area (Å²) in [5.74, 6) is 2.34. The minimum atomic E-state index is 0.437. The van der Waals surface area contributed by atoms with Crippen LogP contribution in [0.4, 0.5) is 0 Å². The lowest BCUT2D eigenvalue weighted by molar-refractivity contribution is 0.394. The summed E-state index contributed by atoms with van der Waals surface area (Å²) in [6, 6.07) is 13.6. The Morgan fingerprint density at radius 3 is 2.52 bits per heavy atom. The molecule has 0 aliphatic carbocycles. The molecule has 0 spiro atoms. The molecule has 4 aromatic rings. The normalized spacial score (nSPS) is 11.0. The number of benzene rings is 2. The van der Waals surface area contributed by atoms with E-state index < -0.39 is 0 Å².